The van der Waals surface area contributed by atoms with Crippen LogP contribution in [-0.4, -0.2) is 20.6 Å². The van der Waals surface area contributed by atoms with E-state index in [1.54, 1.807) is 0 Å². The van der Waals surface area contributed by atoms with Crippen molar-refractivity contribution < 1.29 is 42.2 Å². The van der Waals surface area contributed by atoms with Crippen molar-refractivity contribution >= 4 is 6.47 Å². The average molecular weight is 220 g/mol. The van der Waals surface area contributed by atoms with E-state index in [1.165, 1.54) is 19.6 Å². The molecule has 3 nitrogen and oxygen atoms in total. The van der Waals surface area contributed by atoms with E-state index in [1.807, 2.05) is 20.9 Å². The maximum atomic E-state index is 8.83. The largest absolute Gasteiger partial charge is 3.00 e. The number of nitrogens with one attached hydrogen (secondary N) is 1. The molecule has 0 unspecified atom stereocenters. The van der Waals surface area contributed by atoms with Gasteiger partial charge >= 0.3 is 32.7 Å². The van der Waals surface area contributed by atoms with Crippen molar-refractivity contribution in [2.24, 2.45) is 0 Å². The van der Waals surface area contributed by atoms with Crippen molar-refractivity contribution in [1.29, 1.82) is 0 Å². The van der Waals surface area contributed by atoms with Gasteiger partial charge in [0.15, 0.2) is 0 Å². The first-order chi connectivity index (χ1) is 4.18. The molecule has 0 aromatic heterocycles. The Labute approximate surface area is 87.8 Å². The molecule has 10 heavy (non-hydrogen) atoms. The van der Waals surface area contributed by atoms with Crippen LogP contribution in [0.3, 0.4) is 0 Å². The zero-order valence-electron chi connectivity index (χ0n) is 6.89. The molecule has 0 amide bonds. The van der Waals surface area contributed by atoms with Gasteiger partial charge in [0.05, 0.1) is 0 Å². The summed E-state index contributed by atoms with van der Waals surface area (Å²) in [7, 11) is 3.17. The Bertz CT molecular complexity index is 59.7. The number of carbonyl (C=O) groups excluding carboxylic acids is 1. The Hall–Kier alpha value is 0.534. The standard InChI is InChI=1S/C4H10N.C2H3O2.Y/c1-4(2)5-3;1-4-2-3;/h5H,1-3H3;1H3;/q2*-1;+3. The summed E-state index contributed by atoms with van der Waals surface area (Å²) in [6, 6.07) is 1.25. The third kappa shape index (κ3) is 38.8. The SMILES string of the molecule is CN[C-](C)C.CO[C-]=O.[Y+3]. The number of hydrogen-bond donors (Lipinski definition) is 1. The molecule has 56 valence electrons. The van der Waals surface area contributed by atoms with Crippen molar-refractivity contribution in [3.63, 3.8) is 0 Å². The molecular formula is C6H13NO2Y+. The molecule has 0 spiro atoms. The molecule has 0 fully saturated rings. The number of rotatable bonds is 2. The minimum atomic E-state index is 0. The van der Waals surface area contributed by atoms with E-state index >= 15 is 0 Å². The molecule has 0 bridgehead atoms. The Morgan fingerprint density at radius 1 is 1.50 bits per heavy atom. The zero-order valence-corrected chi connectivity index (χ0v) is 9.73. The first-order valence-electron chi connectivity index (χ1n) is 2.57. The minimum absolute atomic E-state index is 0. The van der Waals surface area contributed by atoms with Gasteiger partial charge in [-0.1, -0.05) is 6.47 Å². The Kier molecular flexibility index (Phi) is 27.4. The monoisotopic (exact) mass is 220 g/mol. The normalized spacial score (nSPS) is 6.90. The third-order valence-electron chi connectivity index (χ3n) is 0.583. The number of hydrogen-bond acceptors (Lipinski definition) is 3. The maximum absolute atomic E-state index is 8.83. The van der Waals surface area contributed by atoms with Crippen molar-refractivity contribution in [1.82, 2.24) is 5.32 Å². The first-order valence-corrected chi connectivity index (χ1v) is 2.57. The summed E-state index contributed by atoms with van der Waals surface area (Å²) in [5.74, 6) is 0. The van der Waals surface area contributed by atoms with Gasteiger partial charge in [0.1, 0.15) is 0 Å². The van der Waals surface area contributed by atoms with Crippen LogP contribution < -0.4 is 5.32 Å². The van der Waals surface area contributed by atoms with Crippen LogP contribution >= 0.6 is 0 Å². The molecule has 0 heterocycles. The summed E-state index contributed by atoms with van der Waals surface area (Å²) in [4.78, 5) is 8.83. The molecule has 1 N–H and O–H groups in total. The Morgan fingerprint density at radius 3 is 1.70 bits per heavy atom. The van der Waals surface area contributed by atoms with Crippen LogP contribution in [-0.2, 0) is 42.2 Å². The summed E-state index contributed by atoms with van der Waals surface area (Å²) in [5, 5.41) is 2.94. The van der Waals surface area contributed by atoms with Crippen LogP contribution in [0.1, 0.15) is 13.8 Å². The second kappa shape index (κ2) is 16.3. The topological polar surface area (TPSA) is 38.3 Å². The molecule has 0 aliphatic heterocycles. The van der Waals surface area contributed by atoms with E-state index in [0.29, 0.717) is 0 Å². The average Bonchev–Trinajstić information content (AvgIpc) is 1.89. The number of methoxy groups -OCH3 is 1. The zero-order chi connectivity index (χ0) is 7.70. The fraction of sp³-hybridized carbons (Fsp3) is 0.667. The molecule has 0 saturated heterocycles. The van der Waals surface area contributed by atoms with Crippen LogP contribution in [0.2, 0.25) is 0 Å². The van der Waals surface area contributed by atoms with Gasteiger partial charge in [-0.25, -0.2) is 0 Å². The summed E-state index contributed by atoms with van der Waals surface area (Å²) >= 11 is 0. The Balaban J connectivity index is -0.0000000910. The second-order valence-electron chi connectivity index (χ2n) is 1.54. The maximum Gasteiger partial charge on any atom is 3.00 e. The molecule has 0 aliphatic rings. The van der Waals surface area contributed by atoms with Gasteiger partial charge in [0, 0.05) is 7.11 Å². The van der Waals surface area contributed by atoms with E-state index in [9.17, 15) is 0 Å². The van der Waals surface area contributed by atoms with Crippen molar-refractivity contribution in [3.05, 3.63) is 6.04 Å². The van der Waals surface area contributed by atoms with Crippen molar-refractivity contribution in [3.8, 4) is 0 Å². The van der Waals surface area contributed by atoms with Crippen molar-refractivity contribution in [2.45, 2.75) is 13.8 Å². The molecule has 0 aliphatic carbocycles. The van der Waals surface area contributed by atoms with Gasteiger partial charge in [-0.3, -0.25) is 6.04 Å². The van der Waals surface area contributed by atoms with E-state index in [4.69, 9.17) is 4.79 Å². The molecule has 0 rings (SSSR count). The van der Waals surface area contributed by atoms with Gasteiger partial charge in [-0.05, 0) is 7.05 Å². The molecule has 0 aromatic rings. The molecule has 0 saturated carbocycles. The van der Waals surface area contributed by atoms with Gasteiger partial charge in [0.25, 0.3) is 0 Å². The fourth-order valence-electron chi connectivity index (χ4n) is 0. The molecular weight excluding hydrogens is 207 g/mol. The van der Waals surface area contributed by atoms with Gasteiger partial charge in [-0.2, -0.15) is 13.8 Å². The van der Waals surface area contributed by atoms with Crippen LogP contribution in [0.15, 0.2) is 0 Å². The smallest absolute Gasteiger partial charge is 0.655 e. The summed E-state index contributed by atoms with van der Waals surface area (Å²) in [6.45, 7) is 5.24. The Morgan fingerprint density at radius 2 is 1.70 bits per heavy atom. The quantitative estimate of drug-likeness (QED) is 0.687. The third-order valence-corrected chi connectivity index (χ3v) is 0.583. The van der Waals surface area contributed by atoms with Crippen molar-refractivity contribution in [2.75, 3.05) is 14.2 Å². The van der Waals surface area contributed by atoms with E-state index in [0.717, 1.165) is 0 Å². The van der Waals surface area contributed by atoms with E-state index < -0.39 is 0 Å². The molecule has 4 heteroatoms. The fourth-order valence-corrected chi connectivity index (χ4v) is 0. The van der Waals surface area contributed by atoms with Gasteiger partial charge < -0.3 is 14.8 Å². The second-order valence-corrected chi connectivity index (χ2v) is 1.54. The van der Waals surface area contributed by atoms with Gasteiger partial charge in [0.2, 0.25) is 0 Å². The van der Waals surface area contributed by atoms with Gasteiger partial charge in [-0.15, -0.1) is 0 Å². The van der Waals surface area contributed by atoms with E-state index in [2.05, 4.69) is 10.1 Å². The van der Waals surface area contributed by atoms with Crippen LogP contribution in [0.25, 0.3) is 0 Å². The number of ether oxygens (including phenoxy) is 1. The predicted molar refractivity (Wildman–Crippen MR) is 36.4 cm³/mol. The van der Waals surface area contributed by atoms with E-state index in [-0.39, 0.29) is 32.7 Å². The molecule has 0 aromatic carbocycles. The molecule has 0 atom stereocenters. The molecule has 0 radical (unpaired) electrons. The summed E-state index contributed by atoms with van der Waals surface area (Å²) < 4.78 is 3.74. The van der Waals surface area contributed by atoms with Crippen LogP contribution in [0.4, 0.5) is 0 Å². The summed E-state index contributed by atoms with van der Waals surface area (Å²) in [6.07, 6.45) is 0. The predicted octanol–water partition coefficient (Wildman–Crippen LogP) is 0.475. The summed E-state index contributed by atoms with van der Waals surface area (Å²) in [5.41, 5.74) is 0. The minimum Gasteiger partial charge on any atom is -0.655 e. The first kappa shape index (κ1) is 16.9. The van der Waals surface area contributed by atoms with Crippen LogP contribution in [0.5, 0.6) is 0 Å². The van der Waals surface area contributed by atoms with Crippen LogP contribution in [0, 0.1) is 6.04 Å².